The molecule has 0 heterocycles. The average molecular weight is 210 g/mol. The number of carboxylic acid groups (broad SMARTS) is 1. The van der Waals surface area contributed by atoms with Crippen LogP contribution in [0.3, 0.4) is 0 Å². The van der Waals surface area contributed by atoms with Gasteiger partial charge in [0.15, 0.2) is 0 Å². The fourth-order valence-corrected chi connectivity index (χ4v) is 1.16. The normalized spacial score (nSPS) is 12.1. The monoisotopic (exact) mass is 210 g/mol. The summed E-state index contributed by atoms with van der Waals surface area (Å²) in [5.74, 6) is -2.76. The van der Waals surface area contributed by atoms with E-state index in [1.54, 1.807) is 12.1 Å². The van der Waals surface area contributed by atoms with Crippen LogP contribution in [0.2, 0.25) is 0 Å². The lowest BCUT2D eigenvalue weighted by Gasteiger charge is -2.03. The molecule has 0 saturated carbocycles. The van der Waals surface area contributed by atoms with Crippen molar-refractivity contribution in [1.29, 1.82) is 0 Å². The first-order valence-electron chi connectivity index (χ1n) is 4.56. The summed E-state index contributed by atoms with van der Waals surface area (Å²) in [6.07, 6.45) is -1.66. The third kappa shape index (κ3) is 2.62. The fourth-order valence-electron chi connectivity index (χ4n) is 1.16. The van der Waals surface area contributed by atoms with Crippen LogP contribution in [-0.2, 0) is 11.2 Å². The SMILES string of the molecule is CCc1ccc(C(=O)C(F)C(=O)O)cc1. The minimum atomic E-state index is -2.47. The van der Waals surface area contributed by atoms with Crippen molar-refractivity contribution in [3.63, 3.8) is 0 Å². The highest BCUT2D eigenvalue weighted by molar-refractivity contribution is 6.10. The predicted molar refractivity (Wildman–Crippen MR) is 52.7 cm³/mol. The number of carboxylic acids is 1. The van der Waals surface area contributed by atoms with Crippen molar-refractivity contribution in [2.24, 2.45) is 0 Å². The Morgan fingerprint density at radius 2 is 1.87 bits per heavy atom. The second-order valence-electron chi connectivity index (χ2n) is 3.12. The molecule has 80 valence electrons. The van der Waals surface area contributed by atoms with E-state index in [9.17, 15) is 14.0 Å². The van der Waals surface area contributed by atoms with Crippen molar-refractivity contribution in [1.82, 2.24) is 0 Å². The Morgan fingerprint density at radius 3 is 2.27 bits per heavy atom. The number of aliphatic carboxylic acids is 1. The first-order chi connectivity index (χ1) is 7.06. The molecule has 1 atom stereocenters. The van der Waals surface area contributed by atoms with Gasteiger partial charge < -0.3 is 5.11 Å². The lowest BCUT2D eigenvalue weighted by Crippen LogP contribution is -2.25. The molecule has 15 heavy (non-hydrogen) atoms. The molecule has 0 aliphatic carbocycles. The minimum absolute atomic E-state index is 0.0853. The van der Waals surface area contributed by atoms with Gasteiger partial charge in [-0.15, -0.1) is 0 Å². The fraction of sp³-hybridized carbons (Fsp3) is 0.273. The summed E-state index contributed by atoms with van der Waals surface area (Å²) < 4.78 is 12.8. The largest absolute Gasteiger partial charge is 0.479 e. The van der Waals surface area contributed by atoms with Crippen LogP contribution in [0.1, 0.15) is 22.8 Å². The van der Waals surface area contributed by atoms with Gasteiger partial charge in [0.05, 0.1) is 0 Å². The predicted octanol–water partition coefficient (Wildman–Crippen LogP) is 1.85. The van der Waals surface area contributed by atoms with E-state index in [0.717, 1.165) is 12.0 Å². The van der Waals surface area contributed by atoms with Gasteiger partial charge in [0.2, 0.25) is 5.78 Å². The summed E-state index contributed by atoms with van der Waals surface area (Å²) in [4.78, 5) is 21.5. The van der Waals surface area contributed by atoms with Crippen molar-refractivity contribution < 1.29 is 19.1 Å². The Bertz CT molecular complexity index is 370. The van der Waals surface area contributed by atoms with E-state index >= 15 is 0 Å². The van der Waals surface area contributed by atoms with Crippen molar-refractivity contribution in [3.8, 4) is 0 Å². The zero-order valence-corrected chi connectivity index (χ0v) is 8.24. The van der Waals surface area contributed by atoms with Gasteiger partial charge in [-0.25, -0.2) is 9.18 Å². The number of Topliss-reactive ketones (excluding diaryl/α,β-unsaturated/α-hetero) is 1. The van der Waals surface area contributed by atoms with Crippen LogP contribution >= 0.6 is 0 Å². The molecule has 0 radical (unpaired) electrons. The number of alkyl halides is 1. The molecule has 0 saturated heterocycles. The van der Waals surface area contributed by atoms with Gasteiger partial charge in [-0.3, -0.25) is 4.79 Å². The van der Waals surface area contributed by atoms with Gasteiger partial charge in [0.25, 0.3) is 6.17 Å². The van der Waals surface area contributed by atoms with Crippen molar-refractivity contribution >= 4 is 11.8 Å². The second-order valence-corrected chi connectivity index (χ2v) is 3.12. The third-order valence-corrected chi connectivity index (χ3v) is 2.09. The van der Waals surface area contributed by atoms with E-state index in [1.165, 1.54) is 12.1 Å². The van der Waals surface area contributed by atoms with Gasteiger partial charge in [0, 0.05) is 5.56 Å². The molecule has 0 bridgehead atoms. The Balaban J connectivity index is 2.87. The molecule has 1 aromatic carbocycles. The molecule has 4 heteroatoms. The molecule has 1 aromatic rings. The standard InChI is InChI=1S/C11H11FO3/c1-2-7-3-5-8(6-4-7)10(13)9(12)11(14)15/h3-6,9H,2H2,1H3,(H,14,15). The molecule has 0 fully saturated rings. The minimum Gasteiger partial charge on any atom is -0.479 e. The molecule has 0 amide bonds. The van der Waals surface area contributed by atoms with E-state index in [-0.39, 0.29) is 5.56 Å². The van der Waals surface area contributed by atoms with Gasteiger partial charge in [-0.05, 0) is 12.0 Å². The van der Waals surface area contributed by atoms with Crippen LogP contribution in [-0.4, -0.2) is 23.0 Å². The maximum Gasteiger partial charge on any atom is 0.346 e. The summed E-state index contributed by atoms with van der Waals surface area (Å²) in [5, 5.41) is 8.32. The number of halogens is 1. The Morgan fingerprint density at radius 1 is 1.33 bits per heavy atom. The molecule has 1 unspecified atom stereocenters. The summed E-state index contributed by atoms with van der Waals surface area (Å²) in [6, 6.07) is 6.25. The number of carbonyl (C=O) groups is 2. The third-order valence-electron chi connectivity index (χ3n) is 2.09. The highest BCUT2D eigenvalue weighted by atomic mass is 19.1. The second kappa shape index (κ2) is 4.68. The van der Waals surface area contributed by atoms with Gasteiger partial charge >= 0.3 is 5.97 Å². The first kappa shape index (κ1) is 11.4. The van der Waals surface area contributed by atoms with Gasteiger partial charge in [-0.1, -0.05) is 31.2 Å². The van der Waals surface area contributed by atoms with Crippen molar-refractivity contribution in [2.75, 3.05) is 0 Å². The van der Waals surface area contributed by atoms with Crippen molar-refractivity contribution in [3.05, 3.63) is 35.4 Å². The number of carbonyl (C=O) groups excluding carboxylic acids is 1. The van der Waals surface area contributed by atoms with E-state index in [4.69, 9.17) is 5.11 Å². The quantitative estimate of drug-likeness (QED) is 0.609. The number of benzene rings is 1. The summed E-state index contributed by atoms with van der Waals surface area (Å²) >= 11 is 0. The smallest absolute Gasteiger partial charge is 0.346 e. The number of hydrogen-bond donors (Lipinski definition) is 1. The van der Waals surface area contributed by atoms with Crippen LogP contribution < -0.4 is 0 Å². The number of rotatable bonds is 4. The van der Waals surface area contributed by atoms with Crippen LogP contribution in [0.5, 0.6) is 0 Å². The van der Waals surface area contributed by atoms with Gasteiger partial charge in [0.1, 0.15) is 0 Å². The lowest BCUT2D eigenvalue weighted by atomic mass is 10.0. The van der Waals surface area contributed by atoms with E-state index in [2.05, 4.69) is 0 Å². The Kier molecular flexibility index (Phi) is 3.55. The van der Waals surface area contributed by atoms with Crippen molar-refractivity contribution in [2.45, 2.75) is 19.5 Å². The zero-order chi connectivity index (χ0) is 11.4. The van der Waals surface area contributed by atoms with Crippen LogP contribution in [0.25, 0.3) is 0 Å². The lowest BCUT2D eigenvalue weighted by molar-refractivity contribution is -0.140. The number of aryl methyl sites for hydroxylation is 1. The maximum absolute atomic E-state index is 12.8. The van der Waals surface area contributed by atoms with Gasteiger partial charge in [-0.2, -0.15) is 0 Å². The molecule has 0 aliphatic rings. The highest BCUT2D eigenvalue weighted by Gasteiger charge is 2.26. The molecule has 0 aliphatic heterocycles. The molecular weight excluding hydrogens is 199 g/mol. The molecule has 0 spiro atoms. The van der Waals surface area contributed by atoms with Crippen LogP contribution in [0.15, 0.2) is 24.3 Å². The van der Waals surface area contributed by atoms with E-state index in [0.29, 0.717) is 0 Å². The Labute approximate surface area is 86.5 Å². The highest BCUT2D eigenvalue weighted by Crippen LogP contribution is 2.09. The summed E-state index contributed by atoms with van der Waals surface area (Å²) in [7, 11) is 0. The molecule has 0 aromatic heterocycles. The first-order valence-corrected chi connectivity index (χ1v) is 4.56. The summed E-state index contributed by atoms with van der Waals surface area (Å²) in [6.45, 7) is 1.95. The van der Waals surface area contributed by atoms with Crippen LogP contribution in [0, 0.1) is 0 Å². The molecule has 1 rings (SSSR count). The summed E-state index contributed by atoms with van der Waals surface area (Å²) in [5.41, 5.74) is 1.10. The topological polar surface area (TPSA) is 54.4 Å². The molecule has 1 N–H and O–H groups in total. The van der Waals surface area contributed by atoms with E-state index < -0.39 is 17.9 Å². The maximum atomic E-state index is 12.8. The molecule has 3 nitrogen and oxygen atoms in total. The van der Waals surface area contributed by atoms with Crippen LogP contribution in [0.4, 0.5) is 4.39 Å². The average Bonchev–Trinajstić information content (AvgIpc) is 2.27. The molecular formula is C11H11FO3. The number of hydrogen-bond acceptors (Lipinski definition) is 2. The van der Waals surface area contributed by atoms with E-state index in [1.807, 2.05) is 6.92 Å². The zero-order valence-electron chi connectivity index (χ0n) is 8.24. The Hall–Kier alpha value is -1.71. The number of ketones is 1.